The third-order valence-electron chi connectivity index (χ3n) is 4.73. The number of benzene rings is 1. The number of nitrogens with one attached hydrogen (secondary N) is 3. The molecule has 1 aliphatic heterocycles. The highest BCUT2D eigenvalue weighted by molar-refractivity contribution is 5.95. The second-order valence-electron chi connectivity index (χ2n) is 6.99. The van der Waals surface area contributed by atoms with Crippen LogP contribution in [0.5, 0.6) is 11.5 Å². The highest BCUT2D eigenvalue weighted by Crippen LogP contribution is 2.34. The molecule has 3 amide bonds. The van der Waals surface area contributed by atoms with Crippen LogP contribution < -0.4 is 25.5 Å². The Morgan fingerprint density at radius 3 is 2.69 bits per heavy atom. The van der Waals surface area contributed by atoms with Crippen molar-refractivity contribution in [3.63, 3.8) is 0 Å². The summed E-state index contributed by atoms with van der Waals surface area (Å²) in [6.45, 7) is 1.16. The number of methoxy groups -OCH3 is 2. The molecular formula is C21H21N5O9. The van der Waals surface area contributed by atoms with Gasteiger partial charge in [-0.15, -0.1) is 0 Å². The largest absolute Gasteiger partial charge is 0.493 e. The number of amides is 3. The number of ether oxygens (including phenoxy) is 3. The lowest BCUT2D eigenvalue weighted by molar-refractivity contribution is -0.402. The Balaban J connectivity index is 1.67. The van der Waals surface area contributed by atoms with Crippen LogP contribution in [0.3, 0.4) is 0 Å². The zero-order chi connectivity index (χ0) is 25.5. The van der Waals surface area contributed by atoms with Crippen molar-refractivity contribution in [1.29, 1.82) is 0 Å². The third-order valence-corrected chi connectivity index (χ3v) is 4.73. The van der Waals surface area contributed by atoms with Gasteiger partial charge in [-0.1, -0.05) is 6.07 Å². The van der Waals surface area contributed by atoms with Gasteiger partial charge in [-0.25, -0.2) is 15.0 Å². The first-order chi connectivity index (χ1) is 16.7. The molecule has 0 aliphatic carbocycles. The standard InChI is InChI=1S/C21H21N5O9/c1-11-18(20(28)33-3)19(24-21(29)23-11)12-4-6-14(15(8-12)32-2)34-10-16(27)25-22-9-13-5-7-17(35-13)26(30)31/h4-9,19H,10H2,1-3H3,(H,25,27)(H2,23,24,29)/b22-9+. The molecule has 0 fully saturated rings. The molecule has 1 unspecified atom stereocenters. The van der Waals surface area contributed by atoms with Gasteiger partial charge in [-0.05, 0) is 30.7 Å². The minimum atomic E-state index is -0.797. The van der Waals surface area contributed by atoms with Gasteiger partial charge in [0, 0.05) is 5.70 Å². The molecule has 14 nitrogen and oxygen atoms in total. The average Bonchev–Trinajstić information content (AvgIpc) is 3.31. The number of nitrogens with zero attached hydrogens (tertiary/aromatic N) is 2. The van der Waals surface area contributed by atoms with Crippen LogP contribution in [0.4, 0.5) is 10.7 Å². The van der Waals surface area contributed by atoms with E-state index in [-0.39, 0.29) is 22.8 Å². The van der Waals surface area contributed by atoms with Crippen molar-refractivity contribution in [3.8, 4) is 11.5 Å². The normalized spacial score (nSPS) is 15.3. The fourth-order valence-corrected chi connectivity index (χ4v) is 3.16. The fraction of sp³-hybridized carbons (Fsp3) is 0.238. The molecule has 14 heteroatoms. The first-order valence-electron chi connectivity index (χ1n) is 9.97. The Labute approximate surface area is 198 Å². The number of furan rings is 1. The Hall–Kier alpha value is -4.88. The van der Waals surface area contributed by atoms with Gasteiger partial charge in [-0.2, -0.15) is 5.10 Å². The third kappa shape index (κ3) is 5.93. The summed E-state index contributed by atoms with van der Waals surface area (Å²) in [7, 11) is 2.63. The number of carbonyl (C=O) groups is 3. The molecule has 1 aliphatic rings. The Kier molecular flexibility index (Phi) is 7.66. The summed E-state index contributed by atoms with van der Waals surface area (Å²) in [4.78, 5) is 46.1. The quantitative estimate of drug-likeness (QED) is 0.204. The van der Waals surface area contributed by atoms with Crippen molar-refractivity contribution in [3.05, 3.63) is 63.0 Å². The highest BCUT2D eigenvalue weighted by Gasteiger charge is 2.32. The predicted molar refractivity (Wildman–Crippen MR) is 119 cm³/mol. The van der Waals surface area contributed by atoms with E-state index in [0.717, 1.165) is 12.3 Å². The van der Waals surface area contributed by atoms with Gasteiger partial charge in [0.1, 0.15) is 4.92 Å². The van der Waals surface area contributed by atoms with E-state index in [1.165, 1.54) is 26.4 Å². The summed E-state index contributed by atoms with van der Waals surface area (Å²) in [6, 6.07) is 5.87. The molecule has 1 aromatic heterocycles. The average molecular weight is 487 g/mol. The second kappa shape index (κ2) is 10.8. The summed E-state index contributed by atoms with van der Waals surface area (Å²) in [5, 5.41) is 19.4. The maximum atomic E-state index is 12.3. The number of hydrazone groups is 1. The Morgan fingerprint density at radius 1 is 1.26 bits per heavy atom. The first kappa shape index (κ1) is 24.8. The zero-order valence-electron chi connectivity index (χ0n) is 18.8. The van der Waals surface area contributed by atoms with Crippen LogP contribution in [0.1, 0.15) is 24.3 Å². The van der Waals surface area contributed by atoms with E-state index in [2.05, 4.69) is 21.2 Å². The lowest BCUT2D eigenvalue weighted by atomic mass is 9.95. The molecule has 0 spiro atoms. The smallest absolute Gasteiger partial charge is 0.433 e. The van der Waals surface area contributed by atoms with Crippen molar-refractivity contribution in [2.24, 2.45) is 5.10 Å². The van der Waals surface area contributed by atoms with Gasteiger partial charge < -0.3 is 29.3 Å². The van der Waals surface area contributed by atoms with Crippen molar-refractivity contribution >= 4 is 30.0 Å². The molecule has 2 aromatic rings. The molecule has 0 saturated heterocycles. The topological polar surface area (TPSA) is 184 Å². The van der Waals surface area contributed by atoms with Gasteiger partial charge in [0.15, 0.2) is 23.9 Å². The number of nitro groups is 1. The molecule has 1 aromatic carbocycles. The van der Waals surface area contributed by atoms with Crippen LogP contribution in [0.15, 0.2) is 51.1 Å². The number of urea groups is 1. The number of carbonyl (C=O) groups excluding carboxylic acids is 3. The van der Waals surface area contributed by atoms with E-state index in [1.807, 2.05) is 0 Å². The van der Waals surface area contributed by atoms with Crippen LogP contribution in [0.25, 0.3) is 0 Å². The van der Waals surface area contributed by atoms with Crippen LogP contribution >= 0.6 is 0 Å². The molecule has 0 bridgehead atoms. The monoisotopic (exact) mass is 487 g/mol. The summed E-state index contributed by atoms with van der Waals surface area (Å²) in [5.41, 5.74) is 3.29. The predicted octanol–water partition coefficient (Wildman–Crippen LogP) is 1.53. The van der Waals surface area contributed by atoms with Crippen LogP contribution in [-0.4, -0.2) is 49.9 Å². The van der Waals surface area contributed by atoms with Crippen molar-refractivity contribution in [2.75, 3.05) is 20.8 Å². The van der Waals surface area contributed by atoms with Crippen molar-refractivity contribution in [1.82, 2.24) is 16.1 Å². The number of hydrogen-bond acceptors (Lipinski definition) is 10. The molecule has 0 saturated carbocycles. The molecule has 0 radical (unpaired) electrons. The van der Waals surface area contributed by atoms with Gasteiger partial charge >= 0.3 is 17.9 Å². The molecule has 184 valence electrons. The second-order valence-corrected chi connectivity index (χ2v) is 6.99. The first-order valence-corrected chi connectivity index (χ1v) is 9.97. The fourth-order valence-electron chi connectivity index (χ4n) is 3.16. The van der Waals surface area contributed by atoms with E-state index in [4.69, 9.17) is 18.6 Å². The minimum absolute atomic E-state index is 0.0794. The number of rotatable bonds is 9. The number of hydrogen-bond donors (Lipinski definition) is 3. The van der Waals surface area contributed by atoms with Gasteiger partial charge in [0.2, 0.25) is 0 Å². The SMILES string of the molecule is COC(=O)C1=C(C)NC(=O)NC1c1ccc(OCC(=O)N/N=C/c2ccc([N+](=O)[O-])o2)c(OC)c1. The lowest BCUT2D eigenvalue weighted by Crippen LogP contribution is -2.45. The molecule has 1 atom stereocenters. The van der Waals surface area contributed by atoms with E-state index >= 15 is 0 Å². The highest BCUT2D eigenvalue weighted by atomic mass is 16.6. The van der Waals surface area contributed by atoms with E-state index in [1.54, 1.807) is 19.1 Å². The molecule has 3 rings (SSSR count). The molecule has 2 heterocycles. The van der Waals surface area contributed by atoms with Crippen LogP contribution in [0.2, 0.25) is 0 Å². The minimum Gasteiger partial charge on any atom is -0.493 e. The maximum Gasteiger partial charge on any atom is 0.433 e. The summed E-state index contributed by atoms with van der Waals surface area (Å²) in [6.07, 6.45) is 1.10. The summed E-state index contributed by atoms with van der Waals surface area (Å²) >= 11 is 0. The van der Waals surface area contributed by atoms with Crippen molar-refractivity contribution < 1.29 is 37.9 Å². The maximum absolute atomic E-state index is 12.3. The molecular weight excluding hydrogens is 466 g/mol. The van der Waals surface area contributed by atoms with Crippen molar-refractivity contribution in [2.45, 2.75) is 13.0 Å². The Bertz CT molecular complexity index is 1220. The van der Waals surface area contributed by atoms with E-state index in [0.29, 0.717) is 11.3 Å². The number of esters is 1. The van der Waals surface area contributed by atoms with Gasteiger partial charge in [0.05, 0.1) is 38.1 Å². The van der Waals surface area contributed by atoms with Gasteiger partial charge in [-0.3, -0.25) is 14.9 Å². The Morgan fingerprint density at radius 2 is 2.03 bits per heavy atom. The number of allylic oxidation sites excluding steroid dienone is 1. The van der Waals surface area contributed by atoms with Crippen LogP contribution in [-0.2, 0) is 14.3 Å². The molecule has 3 N–H and O–H groups in total. The zero-order valence-corrected chi connectivity index (χ0v) is 18.8. The summed E-state index contributed by atoms with van der Waals surface area (Å²) < 4.78 is 20.5. The van der Waals surface area contributed by atoms with Gasteiger partial charge in [0.25, 0.3) is 5.91 Å². The van der Waals surface area contributed by atoms with E-state index < -0.39 is 41.4 Å². The summed E-state index contributed by atoms with van der Waals surface area (Å²) in [5.74, 6) is -1.14. The lowest BCUT2D eigenvalue weighted by Gasteiger charge is -2.28. The van der Waals surface area contributed by atoms with E-state index in [9.17, 15) is 24.5 Å². The van der Waals surface area contributed by atoms with Crippen LogP contribution in [0, 0.1) is 10.1 Å². The molecule has 35 heavy (non-hydrogen) atoms.